The molecule has 1 aromatic carbocycles. The highest BCUT2D eigenvalue weighted by molar-refractivity contribution is 5.29. The van der Waals surface area contributed by atoms with E-state index < -0.39 is 0 Å². The molecule has 1 radical (unpaired) electrons. The zero-order valence-electron chi connectivity index (χ0n) is 10.5. The van der Waals surface area contributed by atoms with Crippen LogP contribution in [0.4, 0.5) is 0 Å². The van der Waals surface area contributed by atoms with Gasteiger partial charge in [-0.15, -0.1) is 0 Å². The normalized spacial score (nSPS) is 10.1. The van der Waals surface area contributed by atoms with E-state index in [0.29, 0.717) is 0 Å². The molecule has 1 aromatic rings. The van der Waals surface area contributed by atoms with Crippen LogP contribution in [0.25, 0.3) is 0 Å². The number of unbranched alkanes of at least 4 members (excludes halogenated alkanes) is 4. The van der Waals surface area contributed by atoms with Crippen molar-refractivity contribution in [2.45, 2.75) is 52.4 Å². The predicted molar refractivity (Wildman–Crippen MR) is 69.8 cm³/mol. The van der Waals surface area contributed by atoms with E-state index in [1.165, 1.54) is 42.4 Å². The van der Waals surface area contributed by atoms with Gasteiger partial charge in [-0.25, -0.2) is 0 Å². The first-order valence-electron chi connectivity index (χ1n) is 6.20. The highest BCUT2D eigenvalue weighted by atomic mass is 14.0. The van der Waals surface area contributed by atoms with Crippen LogP contribution in [0.5, 0.6) is 0 Å². The molecule has 85 valence electrons. The molecule has 0 aliphatic rings. The molecular formula is C16H21. The number of hydrogen-bond donors (Lipinski definition) is 0. The zero-order valence-corrected chi connectivity index (χ0v) is 10.5. The van der Waals surface area contributed by atoms with E-state index in [4.69, 9.17) is 6.42 Å². The molecule has 0 aliphatic heterocycles. The monoisotopic (exact) mass is 213 g/mol. The van der Waals surface area contributed by atoms with Gasteiger partial charge in [0.25, 0.3) is 0 Å². The van der Waals surface area contributed by atoms with Crippen LogP contribution in [0.2, 0.25) is 0 Å². The summed E-state index contributed by atoms with van der Waals surface area (Å²) in [6.07, 6.45) is 13.7. The van der Waals surface area contributed by atoms with E-state index in [1.807, 2.05) is 0 Å². The highest BCUT2D eigenvalue weighted by Gasteiger charge is 1.96. The van der Waals surface area contributed by atoms with E-state index in [0.717, 1.165) is 12.8 Å². The summed E-state index contributed by atoms with van der Waals surface area (Å²) in [4.78, 5) is 0. The van der Waals surface area contributed by atoms with Crippen molar-refractivity contribution in [2.75, 3.05) is 0 Å². The van der Waals surface area contributed by atoms with Gasteiger partial charge < -0.3 is 0 Å². The third kappa shape index (κ3) is 4.53. The second-order valence-electron chi connectivity index (χ2n) is 4.51. The first kappa shape index (κ1) is 12.8. The molecule has 0 heterocycles. The van der Waals surface area contributed by atoms with Gasteiger partial charge in [0.1, 0.15) is 0 Å². The Morgan fingerprint density at radius 2 is 1.75 bits per heavy atom. The van der Waals surface area contributed by atoms with Crippen molar-refractivity contribution in [1.29, 1.82) is 0 Å². The molecule has 0 saturated heterocycles. The minimum absolute atomic E-state index is 0.823. The van der Waals surface area contributed by atoms with Crippen LogP contribution in [-0.4, -0.2) is 0 Å². The Morgan fingerprint density at radius 1 is 1.00 bits per heavy atom. The second-order valence-corrected chi connectivity index (χ2v) is 4.51. The van der Waals surface area contributed by atoms with E-state index in [-0.39, 0.29) is 0 Å². The topological polar surface area (TPSA) is 0 Å². The summed E-state index contributed by atoms with van der Waals surface area (Å²) >= 11 is 0. The molecule has 1 rings (SSSR count). The minimum Gasteiger partial charge on any atom is -0.0891 e. The summed E-state index contributed by atoms with van der Waals surface area (Å²) in [7, 11) is 0. The van der Waals surface area contributed by atoms with Crippen molar-refractivity contribution in [3.8, 4) is 5.92 Å². The van der Waals surface area contributed by atoms with Crippen molar-refractivity contribution < 1.29 is 0 Å². The lowest BCUT2D eigenvalue weighted by Gasteiger charge is -2.05. The Bertz CT molecular complexity index is 355. The van der Waals surface area contributed by atoms with Crippen molar-refractivity contribution in [1.82, 2.24) is 0 Å². The summed E-state index contributed by atoms with van der Waals surface area (Å²) in [5.41, 5.74) is 4.24. The lowest BCUT2D eigenvalue weighted by atomic mass is 10.0. The highest BCUT2D eigenvalue weighted by Crippen LogP contribution is 2.13. The molecule has 0 heteroatoms. The quantitative estimate of drug-likeness (QED) is 0.486. The predicted octanol–water partition coefficient (Wildman–Crippen LogP) is 4.39. The molecule has 0 aromatic heterocycles. The number of rotatable bonds is 6. The molecule has 0 atom stereocenters. The third-order valence-electron chi connectivity index (χ3n) is 3.09. The Labute approximate surface area is 100 Å². The Kier molecular flexibility index (Phi) is 5.72. The standard InChI is InChI=1S/C16H21/c1-4-5-6-7-8-9-10-16-12-11-14(2)15(3)13-16/h11-13H,5-10H2,2-3H3. The van der Waals surface area contributed by atoms with Crippen LogP contribution in [0.3, 0.4) is 0 Å². The lowest BCUT2D eigenvalue weighted by Crippen LogP contribution is -1.89. The van der Waals surface area contributed by atoms with Crippen LogP contribution >= 0.6 is 0 Å². The van der Waals surface area contributed by atoms with Crippen LogP contribution in [0.1, 0.15) is 48.8 Å². The smallest absolute Gasteiger partial charge is 0.00989 e. The van der Waals surface area contributed by atoms with E-state index in [9.17, 15) is 0 Å². The molecule has 0 N–H and O–H groups in total. The zero-order chi connectivity index (χ0) is 11.8. The average molecular weight is 213 g/mol. The first-order chi connectivity index (χ1) is 7.74. The van der Waals surface area contributed by atoms with Crippen molar-refractivity contribution in [3.05, 3.63) is 41.3 Å². The summed E-state index contributed by atoms with van der Waals surface area (Å²) in [6.45, 7) is 4.34. The van der Waals surface area contributed by atoms with Crippen molar-refractivity contribution >= 4 is 0 Å². The van der Waals surface area contributed by atoms with E-state index >= 15 is 0 Å². The molecule has 0 nitrogen and oxygen atoms in total. The van der Waals surface area contributed by atoms with Crippen molar-refractivity contribution in [3.63, 3.8) is 0 Å². The second kappa shape index (κ2) is 7.12. The Morgan fingerprint density at radius 3 is 2.44 bits per heavy atom. The SMILES string of the molecule is [C]#CCCCCCCc1ccc(C)c(C)c1. The van der Waals surface area contributed by atoms with Crippen LogP contribution < -0.4 is 0 Å². The lowest BCUT2D eigenvalue weighted by molar-refractivity contribution is 0.650. The van der Waals surface area contributed by atoms with Crippen molar-refractivity contribution in [2.24, 2.45) is 0 Å². The molecule has 0 fully saturated rings. The summed E-state index contributed by atoms with van der Waals surface area (Å²) in [5, 5.41) is 0. The largest absolute Gasteiger partial charge is 0.0891 e. The third-order valence-corrected chi connectivity index (χ3v) is 3.09. The Hall–Kier alpha value is -1.22. The molecule has 0 saturated carbocycles. The van der Waals surface area contributed by atoms with Gasteiger partial charge in [0.05, 0.1) is 0 Å². The van der Waals surface area contributed by atoms with Gasteiger partial charge in [-0.3, -0.25) is 0 Å². The maximum atomic E-state index is 6.81. The molecule has 0 bridgehead atoms. The fourth-order valence-corrected chi connectivity index (χ4v) is 1.86. The minimum atomic E-state index is 0.823. The summed E-state index contributed by atoms with van der Waals surface area (Å²) in [5.74, 6) is 2.44. The molecule has 0 spiro atoms. The van der Waals surface area contributed by atoms with Gasteiger partial charge in [-0.05, 0) is 56.2 Å². The first-order valence-corrected chi connectivity index (χ1v) is 6.20. The molecule has 16 heavy (non-hydrogen) atoms. The van der Waals surface area contributed by atoms with Gasteiger partial charge in [0.15, 0.2) is 0 Å². The maximum absolute atomic E-state index is 6.81. The number of hydrogen-bond acceptors (Lipinski definition) is 0. The van der Waals surface area contributed by atoms with Gasteiger partial charge in [-0.1, -0.05) is 37.0 Å². The van der Waals surface area contributed by atoms with Gasteiger partial charge in [-0.2, -0.15) is 0 Å². The number of benzene rings is 1. The fourth-order valence-electron chi connectivity index (χ4n) is 1.86. The summed E-state index contributed by atoms with van der Waals surface area (Å²) < 4.78 is 0. The maximum Gasteiger partial charge on any atom is 0.00989 e. The van der Waals surface area contributed by atoms with Crippen LogP contribution in [0.15, 0.2) is 18.2 Å². The molecule has 0 aliphatic carbocycles. The fraction of sp³-hybridized carbons (Fsp3) is 0.500. The van der Waals surface area contributed by atoms with Gasteiger partial charge in [0.2, 0.25) is 0 Å². The van der Waals surface area contributed by atoms with Crippen LogP contribution in [-0.2, 0) is 6.42 Å². The van der Waals surface area contributed by atoms with Crippen LogP contribution in [0, 0.1) is 26.2 Å². The molecule has 0 amide bonds. The van der Waals surface area contributed by atoms with E-state index in [2.05, 4.69) is 38.0 Å². The summed E-state index contributed by atoms with van der Waals surface area (Å²) in [6, 6.07) is 6.77. The molecular weight excluding hydrogens is 192 g/mol. The molecule has 0 unspecified atom stereocenters. The number of aryl methyl sites for hydroxylation is 3. The Balaban J connectivity index is 2.22. The average Bonchev–Trinajstić information content (AvgIpc) is 2.28. The van der Waals surface area contributed by atoms with E-state index in [1.54, 1.807) is 0 Å². The van der Waals surface area contributed by atoms with Gasteiger partial charge in [0, 0.05) is 6.42 Å². The van der Waals surface area contributed by atoms with Gasteiger partial charge >= 0.3 is 0 Å².